The molecule has 0 rings (SSSR count). The van der Waals surface area contributed by atoms with E-state index in [2.05, 4.69) is 55.6 Å². The Morgan fingerprint density at radius 2 is 0.646 bits per heavy atom. The van der Waals surface area contributed by atoms with Gasteiger partial charge >= 0.3 is 5.97 Å². The van der Waals surface area contributed by atoms with Crippen LogP contribution in [0.15, 0.2) is 48.6 Å². The first-order valence-electron chi connectivity index (χ1n) is 35.4. The minimum absolute atomic E-state index is 0.00747. The second-order valence-electron chi connectivity index (χ2n) is 24.2. The van der Waals surface area contributed by atoms with Crippen LogP contribution in [0.5, 0.6) is 0 Å². The molecule has 0 aliphatic heterocycles. The molecule has 6 heteroatoms. The molecule has 3 N–H and O–H groups in total. The first-order valence-corrected chi connectivity index (χ1v) is 35.4. The zero-order valence-electron chi connectivity index (χ0n) is 53.1. The minimum Gasteiger partial charge on any atom is -0.466 e. The van der Waals surface area contributed by atoms with E-state index in [-0.39, 0.29) is 18.5 Å². The third kappa shape index (κ3) is 64.8. The number of rotatable bonds is 66. The van der Waals surface area contributed by atoms with Crippen LogP contribution < -0.4 is 5.32 Å². The van der Waals surface area contributed by atoms with Crippen LogP contribution >= 0.6 is 0 Å². The standard InChI is InChI=1S/C73H137NO5/c1-3-5-7-9-11-13-14-15-44-47-51-55-59-63-67-73(78)79-68-64-60-56-52-48-45-42-40-38-36-34-32-30-28-26-24-22-20-18-16-17-19-21-23-25-27-29-31-33-35-37-39-41-43-46-50-54-58-62-66-72(77)74-70(69-75)71(76)65-61-57-53-49-12-10-8-6-4-2/h9,11,14-17,61,65,70-71,75-76H,3-8,10,12-13,18-60,62-64,66-69H2,1-2H3,(H,74,77)/b11-9-,15-14-,17-16-,65-61+. The highest BCUT2D eigenvalue weighted by Gasteiger charge is 2.18. The van der Waals surface area contributed by atoms with Gasteiger partial charge in [0.05, 0.1) is 25.4 Å². The van der Waals surface area contributed by atoms with Crippen molar-refractivity contribution < 1.29 is 24.5 Å². The van der Waals surface area contributed by atoms with E-state index in [0.29, 0.717) is 19.4 Å². The molecule has 0 heterocycles. The highest BCUT2D eigenvalue weighted by molar-refractivity contribution is 5.76. The first kappa shape index (κ1) is 76.8. The molecular formula is C73H137NO5. The molecule has 6 nitrogen and oxygen atoms in total. The Morgan fingerprint density at radius 3 is 1.01 bits per heavy atom. The van der Waals surface area contributed by atoms with Crippen LogP contribution in [0.2, 0.25) is 0 Å². The van der Waals surface area contributed by atoms with Crippen LogP contribution in [0.25, 0.3) is 0 Å². The summed E-state index contributed by atoms with van der Waals surface area (Å²) in [7, 11) is 0. The van der Waals surface area contributed by atoms with Crippen molar-refractivity contribution in [2.24, 2.45) is 0 Å². The van der Waals surface area contributed by atoms with Crippen molar-refractivity contribution in [2.45, 2.75) is 392 Å². The van der Waals surface area contributed by atoms with E-state index in [1.807, 2.05) is 6.08 Å². The number of aliphatic hydroxyl groups excluding tert-OH is 2. The van der Waals surface area contributed by atoms with Gasteiger partial charge < -0.3 is 20.3 Å². The van der Waals surface area contributed by atoms with Crippen molar-refractivity contribution >= 4 is 11.9 Å². The molecule has 0 fully saturated rings. The molecule has 0 radical (unpaired) electrons. The van der Waals surface area contributed by atoms with E-state index in [4.69, 9.17) is 4.74 Å². The number of unbranched alkanes of at least 4 members (excludes halogenated alkanes) is 49. The number of ether oxygens (including phenoxy) is 1. The summed E-state index contributed by atoms with van der Waals surface area (Å²) < 4.78 is 5.48. The van der Waals surface area contributed by atoms with E-state index in [1.165, 1.54) is 302 Å². The Hall–Kier alpha value is -2.18. The van der Waals surface area contributed by atoms with Crippen molar-refractivity contribution in [3.8, 4) is 0 Å². The van der Waals surface area contributed by atoms with Gasteiger partial charge in [-0.2, -0.15) is 0 Å². The van der Waals surface area contributed by atoms with Gasteiger partial charge in [-0.25, -0.2) is 0 Å². The summed E-state index contributed by atoms with van der Waals surface area (Å²) in [5.74, 6) is -0.0579. The number of hydrogen-bond donors (Lipinski definition) is 3. The van der Waals surface area contributed by atoms with Crippen molar-refractivity contribution in [2.75, 3.05) is 13.2 Å². The summed E-state index contributed by atoms with van der Waals surface area (Å²) in [4.78, 5) is 24.5. The SMILES string of the molecule is CCCC/C=C\C/C=C\CCCCCCCC(=O)OCCCCCCCCCCCCCCCCCCCC/C=C\CCCCCCCCCCCCCCCCCCCC(=O)NC(CO)C(O)/C=C/CCCCCCCCC. The van der Waals surface area contributed by atoms with Gasteiger partial charge in [0.2, 0.25) is 5.91 Å². The maximum Gasteiger partial charge on any atom is 0.305 e. The average molecular weight is 1110 g/mol. The Kier molecular flexibility index (Phi) is 66.4. The van der Waals surface area contributed by atoms with Crippen LogP contribution in [0, 0.1) is 0 Å². The molecule has 2 atom stereocenters. The first-order chi connectivity index (χ1) is 39.0. The maximum absolute atomic E-state index is 12.4. The smallest absolute Gasteiger partial charge is 0.305 e. The summed E-state index contributed by atoms with van der Waals surface area (Å²) in [6.07, 6.45) is 89.4. The number of amides is 1. The summed E-state index contributed by atoms with van der Waals surface area (Å²) >= 11 is 0. The van der Waals surface area contributed by atoms with Crippen LogP contribution in [0.4, 0.5) is 0 Å². The molecule has 464 valence electrons. The molecular weight excluding hydrogens is 971 g/mol. The van der Waals surface area contributed by atoms with Crippen molar-refractivity contribution in [3.63, 3.8) is 0 Å². The topological polar surface area (TPSA) is 95.9 Å². The lowest BCUT2D eigenvalue weighted by molar-refractivity contribution is -0.143. The van der Waals surface area contributed by atoms with Gasteiger partial charge in [0.1, 0.15) is 0 Å². The van der Waals surface area contributed by atoms with E-state index in [1.54, 1.807) is 6.08 Å². The summed E-state index contributed by atoms with van der Waals surface area (Å²) in [5.41, 5.74) is 0. The predicted octanol–water partition coefficient (Wildman–Crippen LogP) is 22.9. The van der Waals surface area contributed by atoms with Crippen LogP contribution in [-0.4, -0.2) is 47.4 Å². The molecule has 0 aliphatic rings. The molecule has 0 aliphatic carbocycles. The number of nitrogens with one attached hydrogen (secondary N) is 1. The van der Waals surface area contributed by atoms with E-state index in [0.717, 1.165) is 51.4 Å². The highest BCUT2D eigenvalue weighted by Crippen LogP contribution is 2.18. The predicted molar refractivity (Wildman–Crippen MR) is 347 cm³/mol. The molecule has 0 saturated heterocycles. The number of carbonyl (C=O) groups is 2. The fraction of sp³-hybridized carbons (Fsp3) is 0.863. The molecule has 0 aromatic carbocycles. The van der Waals surface area contributed by atoms with E-state index < -0.39 is 12.1 Å². The Balaban J connectivity index is 3.31. The van der Waals surface area contributed by atoms with Crippen molar-refractivity contribution in [3.05, 3.63) is 48.6 Å². The molecule has 1 amide bonds. The number of allylic oxidation sites excluding steroid dienone is 7. The Morgan fingerprint density at radius 1 is 0.354 bits per heavy atom. The average Bonchev–Trinajstić information content (AvgIpc) is 3.45. The maximum atomic E-state index is 12.4. The van der Waals surface area contributed by atoms with Crippen LogP contribution in [-0.2, 0) is 14.3 Å². The number of carbonyl (C=O) groups excluding carboxylic acids is 2. The second-order valence-corrected chi connectivity index (χ2v) is 24.2. The van der Waals surface area contributed by atoms with Gasteiger partial charge in [-0.1, -0.05) is 332 Å². The third-order valence-corrected chi connectivity index (χ3v) is 16.3. The highest BCUT2D eigenvalue weighted by atomic mass is 16.5. The van der Waals surface area contributed by atoms with Gasteiger partial charge in [0, 0.05) is 12.8 Å². The normalized spacial score (nSPS) is 12.8. The lowest BCUT2D eigenvalue weighted by Gasteiger charge is -2.20. The fourth-order valence-electron chi connectivity index (χ4n) is 10.9. The van der Waals surface area contributed by atoms with Crippen LogP contribution in [0.3, 0.4) is 0 Å². The Labute approximate surface area is 493 Å². The number of hydrogen-bond acceptors (Lipinski definition) is 5. The quantitative estimate of drug-likeness (QED) is 0.0320. The molecule has 0 bridgehead atoms. The fourth-order valence-corrected chi connectivity index (χ4v) is 10.9. The minimum atomic E-state index is -0.839. The monoisotopic (exact) mass is 1110 g/mol. The molecule has 79 heavy (non-hydrogen) atoms. The van der Waals surface area contributed by atoms with Crippen molar-refractivity contribution in [1.29, 1.82) is 0 Å². The van der Waals surface area contributed by atoms with Gasteiger partial charge in [-0.3, -0.25) is 9.59 Å². The summed E-state index contributed by atoms with van der Waals surface area (Å²) in [6, 6.07) is -0.622. The van der Waals surface area contributed by atoms with Crippen molar-refractivity contribution in [1.82, 2.24) is 5.32 Å². The number of esters is 1. The second kappa shape index (κ2) is 68.3. The van der Waals surface area contributed by atoms with Gasteiger partial charge in [0.25, 0.3) is 0 Å². The zero-order chi connectivity index (χ0) is 57.1. The number of aliphatic hydroxyl groups is 2. The summed E-state index contributed by atoms with van der Waals surface area (Å²) in [5, 5.41) is 23.0. The largest absolute Gasteiger partial charge is 0.466 e. The van der Waals surface area contributed by atoms with Crippen LogP contribution in [0.1, 0.15) is 380 Å². The third-order valence-electron chi connectivity index (χ3n) is 16.3. The Bertz CT molecular complexity index is 1320. The van der Waals surface area contributed by atoms with E-state index >= 15 is 0 Å². The van der Waals surface area contributed by atoms with Gasteiger partial charge in [-0.15, -0.1) is 0 Å². The zero-order valence-corrected chi connectivity index (χ0v) is 53.1. The summed E-state index contributed by atoms with van der Waals surface area (Å²) in [6.45, 7) is 4.85. The molecule has 0 saturated carbocycles. The molecule has 0 aromatic rings. The molecule has 0 spiro atoms. The lowest BCUT2D eigenvalue weighted by atomic mass is 10.0. The van der Waals surface area contributed by atoms with Gasteiger partial charge in [0.15, 0.2) is 0 Å². The molecule has 0 aromatic heterocycles. The van der Waals surface area contributed by atoms with E-state index in [9.17, 15) is 19.8 Å². The molecule has 2 unspecified atom stereocenters. The lowest BCUT2D eigenvalue weighted by Crippen LogP contribution is -2.45. The van der Waals surface area contributed by atoms with Gasteiger partial charge in [-0.05, 0) is 83.5 Å².